The molecule has 0 bridgehead atoms. The molecule has 106 valence electrons. The monoisotopic (exact) mass is 370 g/mol. The Bertz CT molecular complexity index is 276. The lowest BCUT2D eigenvalue weighted by Gasteiger charge is -2.39. The van der Waals surface area contributed by atoms with E-state index in [1.54, 1.807) is 0 Å². The van der Waals surface area contributed by atoms with Gasteiger partial charge in [-0.25, -0.2) is 0 Å². The Morgan fingerprint density at radius 3 is 2.50 bits per heavy atom. The van der Waals surface area contributed by atoms with Gasteiger partial charge < -0.3 is 14.2 Å². The standard InChI is InChI=1S/C13H23IO4/c1-4-16-11(15)12(2,7-5-6-8-14)13(3)17-9-10-18-13/h4-10H2,1-3H3. The molecule has 0 aromatic carbocycles. The van der Waals surface area contributed by atoms with E-state index in [1.807, 2.05) is 20.8 Å². The zero-order valence-corrected chi connectivity index (χ0v) is 13.6. The molecule has 1 unspecified atom stereocenters. The number of unbranched alkanes of at least 4 members (excludes halogenated alkanes) is 1. The van der Waals surface area contributed by atoms with E-state index in [1.165, 1.54) is 0 Å². The number of alkyl halides is 1. The molecule has 5 heteroatoms. The Labute approximate surface area is 123 Å². The van der Waals surface area contributed by atoms with E-state index in [2.05, 4.69) is 22.6 Å². The van der Waals surface area contributed by atoms with Crippen LogP contribution in [-0.2, 0) is 19.0 Å². The van der Waals surface area contributed by atoms with Gasteiger partial charge in [-0.3, -0.25) is 4.79 Å². The van der Waals surface area contributed by atoms with Crippen molar-refractivity contribution in [3.05, 3.63) is 0 Å². The first-order valence-corrected chi connectivity index (χ1v) is 8.04. The van der Waals surface area contributed by atoms with Crippen molar-refractivity contribution < 1.29 is 19.0 Å². The summed E-state index contributed by atoms with van der Waals surface area (Å²) in [5.74, 6) is -1.08. The number of rotatable bonds is 7. The van der Waals surface area contributed by atoms with Crippen LogP contribution in [0.15, 0.2) is 0 Å². The van der Waals surface area contributed by atoms with Gasteiger partial charge in [0.25, 0.3) is 0 Å². The summed E-state index contributed by atoms with van der Waals surface area (Å²) in [6.07, 6.45) is 2.79. The lowest BCUT2D eigenvalue weighted by atomic mass is 9.77. The van der Waals surface area contributed by atoms with Gasteiger partial charge in [0.15, 0.2) is 5.79 Å². The molecule has 1 atom stereocenters. The molecule has 0 aromatic rings. The van der Waals surface area contributed by atoms with Gasteiger partial charge in [-0.05, 0) is 38.0 Å². The fourth-order valence-electron chi connectivity index (χ4n) is 2.21. The van der Waals surface area contributed by atoms with Crippen molar-refractivity contribution in [3.63, 3.8) is 0 Å². The molecule has 0 aromatic heterocycles. The molecule has 1 aliphatic heterocycles. The summed E-state index contributed by atoms with van der Waals surface area (Å²) in [6.45, 7) is 7.03. The smallest absolute Gasteiger partial charge is 0.317 e. The molecular weight excluding hydrogens is 347 g/mol. The minimum absolute atomic E-state index is 0.220. The van der Waals surface area contributed by atoms with Gasteiger partial charge in [0, 0.05) is 0 Å². The van der Waals surface area contributed by atoms with Crippen LogP contribution < -0.4 is 0 Å². The third-order valence-electron chi connectivity index (χ3n) is 3.63. The Hall–Kier alpha value is 0.120. The lowest BCUT2D eigenvalue weighted by Crippen LogP contribution is -2.51. The maximum atomic E-state index is 12.3. The second-order valence-corrected chi connectivity index (χ2v) is 5.92. The summed E-state index contributed by atoms with van der Waals surface area (Å²) in [7, 11) is 0. The number of hydrogen-bond donors (Lipinski definition) is 0. The fraction of sp³-hybridized carbons (Fsp3) is 0.923. The molecule has 1 rings (SSSR count). The number of ether oxygens (including phenoxy) is 3. The SMILES string of the molecule is CCOC(=O)C(C)(CCCCI)C1(C)OCCO1. The zero-order chi connectivity index (χ0) is 13.6. The summed E-state index contributed by atoms with van der Waals surface area (Å²) in [6, 6.07) is 0. The van der Waals surface area contributed by atoms with Crippen LogP contribution in [0.5, 0.6) is 0 Å². The number of carbonyl (C=O) groups excluding carboxylic acids is 1. The quantitative estimate of drug-likeness (QED) is 0.299. The maximum Gasteiger partial charge on any atom is 0.317 e. The van der Waals surface area contributed by atoms with Gasteiger partial charge in [-0.15, -0.1) is 0 Å². The highest BCUT2D eigenvalue weighted by atomic mass is 127. The lowest BCUT2D eigenvalue weighted by molar-refractivity contribution is -0.232. The second kappa shape index (κ2) is 7.05. The van der Waals surface area contributed by atoms with Crippen molar-refractivity contribution >= 4 is 28.6 Å². The molecule has 4 nitrogen and oxygen atoms in total. The number of esters is 1. The van der Waals surface area contributed by atoms with Crippen LogP contribution in [0.4, 0.5) is 0 Å². The van der Waals surface area contributed by atoms with Crippen molar-refractivity contribution in [2.24, 2.45) is 5.41 Å². The highest BCUT2D eigenvalue weighted by molar-refractivity contribution is 14.1. The highest BCUT2D eigenvalue weighted by Crippen LogP contribution is 2.43. The predicted molar refractivity (Wildman–Crippen MR) is 77.8 cm³/mol. The Morgan fingerprint density at radius 1 is 1.39 bits per heavy atom. The van der Waals surface area contributed by atoms with Gasteiger partial charge in [-0.1, -0.05) is 29.0 Å². The van der Waals surface area contributed by atoms with Crippen LogP contribution >= 0.6 is 22.6 Å². The molecule has 1 fully saturated rings. The first-order valence-electron chi connectivity index (χ1n) is 6.51. The minimum Gasteiger partial charge on any atom is -0.465 e. The van der Waals surface area contributed by atoms with Crippen LogP contribution in [-0.4, -0.2) is 36.0 Å². The van der Waals surface area contributed by atoms with E-state index in [-0.39, 0.29) is 5.97 Å². The van der Waals surface area contributed by atoms with Crippen molar-refractivity contribution in [2.45, 2.75) is 45.8 Å². The molecule has 0 radical (unpaired) electrons. The normalized spacial score (nSPS) is 21.6. The van der Waals surface area contributed by atoms with Gasteiger partial charge in [0.1, 0.15) is 5.41 Å². The van der Waals surface area contributed by atoms with Crippen LogP contribution in [0.1, 0.15) is 40.0 Å². The average molecular weight is 370 g/mol. The Morgan fingerprint density at radius 2 is 2.00 bits per heavy atom. The Kier molecular flexibility index (Phi) is 6.34. The largest absolute Gasteiger partial charge is 0.465 e. The highest BCUT2D eigenvalue weighted by Gasteiger charge is 2.55. The third kappa shape index (κ3) is 3.36. The molecular formula is C13H23IO4. The molecule has 0 saturated carbocycles. The summed E-state index contributed by atoms with van der Waals surface area (Å²) in [5.41, 5.74) is -0.731. The van der Waals surface area contributed by atoms with E-state index >= 15 is 0 Å². The van der Waals surface area contributed by atoms with E-state index in [0.29, 0.717) is 19.8 Å². The zero-order valence-electron chi connectivity index (χ0n) is 11.5. The third-order valence-corrected chi connectivity index (χ3v) is 4.39. The number of carbonyl (C=O) groups is 1. The maximum absolute atomic E-state index is 12.3. The van der Waals surface area contributed by atoms with Gasteiger partial charge >= 0.3 is 5.97 Å². The molecule has 0 aliphatic carbocycles. The van der Waals surface area contributed by atoms with E-state index in [9.17, 15) is 4.79 Å². The molecule has 18 heavy (non-hydrogen) atoms. The summed E-state index contributed by atoms with van der Waals surface area (Å²) in [4.78, 5) is 12.3. The molecule has 0 spiro atoms. The van der Waals surface area contributed by atoms with Gasteiger partial charge in [-0.2, -0.15) is 0 Å². The van der Waals surface area contributed by atoms with Crippen LogP contribution in [0.25, 0.3) is 0 Å². The molecule has 0 amide bonds. The molecule has 1 heterocycles. The van der Waals surface area contributed by atoms with Crippen LogP contribution in [0, 0.1) is 5.41 Å². The van der Waals surface area contributed by atoms with Gasteiger partial charge in [0.2, 0.25) is 0 Å². The van der Waals surface area contributed by atoms with Gasteiger partial charge in [0.05, 0.1) is 19.8 Å². The predicted octanol–water partition coefficient (Wildman–Crippen LogP) is 2.92. The van der Waals surface area contributed by atoms with Crippen molar-refractivity contribution in [1.82, 2.24) is 0 Å². The summed E-state index contributed by atoms with van der Waals surface area (Å²) >= 11 is 2.35. The topological polar surface area (TPSA) is 44.8 Å². The first-order chi connectivity index (χ1) is 8.50. The van der Waals surface area contributed by atoms with Crippen LogP contribution in [0.2, 0.25) is 0 Å². The van der Waals surface area contributed by atoms with Crippen molar-refractivity contribution in [1.29, 1.82) is 0 Å². The molecule has 0 N–H and O–H groups in total. The van der Waals surface area contributed by atoms with Crippen LogP contribution in [0.3, 0.4) is 0 Å². The minimum atomic E-state index is -0.857. The summed E-state index contributed by atoms with van der Waals surface area (Å²) < 4.78 is 17.7. The van der Waals surface area contributed by atoms with E-state index in [0.717, 1.165) is 23.7 Å². The number of halogens is 1. The summed E-state index contributed by atoms with van der Waals surface area (Å²) in [5, 5.41) is 0. The van der Waals surface area contributed by atoms with E-state index < -0.39 is 11.2 Å². The average Bonchev–Trinajstić information content (AvgIpc) is 2.78. The van der Waals surface area contributed by atoms with Crippen molar-refractivity contribution in [3.8, 4) is 0 Å². The second-order valence-electron chi connectivity index (χ2n) is 4.84. The molecule has 1 saturated heterocycles. The Balaban J connectivity index is 2.81. The first kappa shape index (κ1) is 16.2. The number of hydrogen-bond acceptors (Lipinski definition) is 4. The van der Waals surface area contributed by atoms with E-state index in [4.69, 9.17) is 14.2 Å². The fourth-order valence-corrected chi connectivity index (χ4v) is 2.75. The van der Waals surface area contributed by atoms with Crippen molar-refractivity contribution in [2.75, 3.05) is 24.2 Å². The molecule has 1 aliphatic rings.